The van der Waals surface area contributed by atoms with Crippen LogP contribution in [0.2, 0.25) is 0 Å². The zero-order chi connectivity index (χ0) is 31.8. The highest BCUT2D eigenvalue weighted by molar-refractivity contribution is 5.68. The molecule has 0 amide bonds. The molecule has 1 fully saturated rings. The lowest BCUT2D eigenvalue weighted by Gasteiger charge is -2.21. The summed E-state index contributed by atoms with van der Waals surface area (Å²) in [4.78, 5) is 21.8. The molecule has 2 atom stereocenters. The van der Waals surface area contributed by atoms with Gasteiger partial charge in [-0.15, -0.1) is 0 Å². The summed E-state index contributed by atoms with van der Waals surface area (Å²) < 4.78 is 33.1. The van der Waals surface area contributed by atoms with Gasteiger partial charge in [-0.2, -0.15) is 14.5 Å². The monoisotopic (exact) mass is 609 g/mol. The van der Waals surface area contributed by atoms with Crippen LogP contribution in [0.3, 0.4) is 0 Å². The van der Waals surface area contributed by atoms with E-state index in [4.69, 9.17) is 5.10 Å². The van der Waals surface area contributed by atoms with Gasteiger partial charge in [0, 0.05) is 29.9 Å². The van der Waals surface area contributed by atoms with Crippen molar-refractivity contribution in [1.82, 2.24) is 24.3 Å². The molecule has 0 bridgehead atoms. The summed E-state index contributed by atoms with van der Waals surface area (Å²) in [6.45, 7) is 7.82. The fourth-order valence-electron chi connectivity index (χ4n) is 6.36. The van der Waals surface area contributed by atoms with Crippen molar-refractivity contribution in [2.75, 3.05) is 0 Å². The van der Waals surface area contributed by atoms with Crippen LogP contribution in [-0.2, 0) is 19.3 Å². The maximum atomic E-state index is 15.4. The molecule has 1 N–H and O–H groups in total. The van der Waals surface area contributed by atoms with Crippen LogP contribution in [0, 0.1) is 24.6 Å². The van der Waals surface area contributed by atoms with E-state index in [2.05, 4.69) is 16.9 Å². The second-order valence-corrected chi connectivity index (χ2v) is 11.8. The number of nitrogens with zero attached hydrogens (tertiary/aromatic N) is 5. The molecule has 7 nitrogen and oxygen atoms in total. The minimum Gasteiger partial charge on any atom is -0.494 e. The molecule has 2 aromatic carbocycles. The summed E-state index contributed by atoms with van der Waals surface area (Å²) >= 11 is 0. The number of pyridine rings is 1. The molecule has 232 valence electrons. The molecule has 1 saturated carbocycles. The van der Waals surface area contributed by atoms with Gasteiger partial charge < -0.3 is 5.11 Å². The van der Waals surface area contributed by atoms with Gasteiger partial charge >= 0.3 is 0 Å². The van der Waals surface area contributed by atoms with Crippen LogP contribution in [0.4, 0.5) is 8.78 Å². The SMILES string of the molecule is CCCC1CC1n1ccc(-c2nc(=O)c(Cc3ccc(-c4ccnc(F)c4C)c(F)c3)c(O)n2-c2c(CC)cccc2CC)n1. The van der Waals surface area contributed by atoms with Crippen molar-refractivity contribution in [2.24, 2.45) is 5.92 Å². The van der Waals surface area contributed by atoms with Crippen LogP contribution < -0.4 is 5.56 Å². The molecule has 0 aliphatic heterocycles. The van der Waals surface area contributed by atoms with Crippen LogP contribution >= 0.6 is 0 Å². The molecule has 0 spiro atoms. The van der Waals surface area contributed by atoms with Gasteiger partial charge in [0.25, 0.3) is 5.56 Å². The average Bonchev–Trinajstić information content (AvgIpc) is 3.63. The summed E-state index contributed by atoms with van der Waals surface area (Å²) in [7, 11) is 0. The molecule has 0 radical (unpaired) electrons. The Morgan fingerprint density at radius 2 is 1.76 bits per heavy atom. The number of aromatic nitrogens is 5. The van der Waals surface area contributed by atoms with Gasteiger partial charge in [0.1, 0.15) is 11.5 Å². The van der Waals surface area contributed by atoms with Crippen LogP contribution in [0.25, 0.3) is 28.3 Å². The molecule has 1 aliphatic rings. The van der Waals surface area contributed by atoms with E-state index in [0.29, 0.717) is 41.6 Å². The summed E-state index contributed by atoms with van der Waals surface area (Å²) in [5, 5.41) is 16.8. The number of rotatable bonds is 10. The average molecular weight is 610 g/mol. The van der Waals surface area contributed by atoms with Crippen molar-refractivity contribution in [3.63, 3.8) is 0 Å². The Balaban J connectivity index is 1.47. The quantitative estimate of drug-likeness (QED) is 0.166. The molecule has 2 unspecified atom stereocenters. The van der Waals surface area contributed by atoms with E-state index in [1.54, 1.807) is 29.7 Å². The van der Waals surface area contributed by atoms with Gasteiger partial charge in [-0.3, -0.25) is 14.0 Å². The van der Waals surface area contributed by atoms with Gasteiger partial charge in [0.2, 0.25) is 11.8 Å². The highest BCUT2D eigenvalue weighted by Gasteiger charge is 2.38. The first kappa shape index (κ1) is 30.4. The molecule has 9 heteroatoms. The van der Waals surface area contributed by atoms with Gasteiger partial charge in [0.05, 0.1) is 17.3 Å². The van der Waals surface area contributed by atoms with Crippen molar-refractivity contribution in [2.45, 2.75) is 72.3 Å². The maximum absolute atomic E-state index is 15.4. The molecule has 3 heterocycles. The Hall–Kier alpha value is -4.66. The number of aromatic hydroxyl groups is 1. The Kier molecular flexibility index (Phi) is 8.36. The zero-order valence-electron chi connectivity index (χ0n) is 26.0. The normalized spacial score (nSPS) is 15.9. The van der Waals surface area contributed by atoms with E-state index >= 15 is 4.39 Å². The topological polar surface area (TPSA) is 85.8 Å². The van der Waals surface area contributed by atoms with E-state index in [0.717, 1.165) is 36.1 Å². The van der Waals surface area contributed by atoms with Crippen molar-refractivity contribution >= 4 is 0 Å². The van der Waals surface area contributed by atoms with Gasteiger partial charge in [-0.1, -0.05) is 57.5 Å². The molecule has 1 aliphatic carbocycles. The second kappa shape index (κ2) is 12.4. The Morgan fingerprint density at radius 1 is 1.00 bits per heavy atom. The van der Waals surface area contributed by atoms with Crippen molar-refractivity contribution in [3.8, 4) is 34.2 Å². The lowest BCUT2D eigenvalue weighted by molar-refractivity contribution is 0.428. The van der Waals surface area contributed by atoms with Gasteiger partial charge in [0.15, 0.2) is 5.82 Å². The van der Waals surface area contributed by atoms with Crippen LogP contribution in [0.5, 0.6) is 5.88 Å². The zero-order valence-corrected chi connectivity index (χ0v) is 26.0. The van der Waals surface area contributed by atoms with Gasteiger partial charge in [-0.05, 0) is 79.0 Å². The molecule has 3 aromatic heterocycles. The van der Waals surface area contributed by atoms with E-state index < -0.39 is 17.3 Å². The number of hydrogen-bond donors (Lipinski definition) is 1. The fourth-order valence-corrected chi connectivity index (χ4v) is 6.36. The van der Waals surface area contributed by atoms with Crippen molar-refractivity contribution in [3.05, 3.63) is 111 Å². The number of benzene rings is 2. The minimum atomic E-state index is -0.658. The Labute approximate surface area is 261 Å². The lowest BCUT2D eigenvalue weighted by Crippen LogP contribution is -2.21. The number of aryl methyl sites for hydroxylation is 2. The smallest absolute Gasteiger partial charge is 0.280 e. The Bertz CT molecular complexity index is 1920. The highest BCUT2D eigenvalue weighted by Crippen LogP contribution is 2.46. The predicted octanol–water partition coefficient (Wildman–Crippen LogP) is 7.53. The molecule has 6 rings (SSSR count). The highest BCUT2D eigenvalue weighted by atomic mass is 19.1. The van der Waals surface area contributed by atoms with Crippen LogP contribution in [-0.4, -0.2) is 29.4 Å². The third-order valence-electron chi connectivity index (χ3n) is 8.92. The number of para-hydroxylation sites is 1. The van der Waals surface area contributed by atoms with E-state index in [9.17, 15) is 14.3 Å². The summed E-state index contributed by atoms with van der Waals surface area (Å²) in [5.74, 6) is -0.618. The first-order chi connectivity index (χ1) is 21.7. The first-order valence-corrected chi connectivity index (χ1v) is 15.7. The lowest BCUT2D eigenvalue weighted by atomic mass is 9.98. The standard InChI is InChI=1S/C36H37F2N5O2/c1-5-9-25-20-31(25)42-17-15-30(41-42)34-40-35(44)28(36(45)43(34)32-23(6-2)10-8-11-24(32)7-3)18-22-12-13-27(29(37)19-22)26-14-16-39-33(38)21(26)4/h8,10-17,19,25,31,45H,5-7,9,18,20H2,1-4H3. The van der Waals surface area contributed by atoms with E-state index in [1.165, 1.54) is 12.3 Å². The summed E-state index contributed by atoms with van der Waals surface area (Å²) in [6, 6.07) is 14.3. The molecule has 45 heavy (non-hydrogen) atoms. The molecular formula is C36H37F2N5O2. The third kappa shape index (κ3) is 5.67. The Morgan fingerprint density at radius 3 is 2.44 bits per heavy atom. The first-order valence-electron chi connectivity index (χ1n) is 15.7. The summed E-state index contributed by atoms with van der Waals surface area (Å²) in [6.07, 6.45) is 7.89. The van der Waals surface area contributed by atoms with Crippen LogP contribution in [0.1, 0.15) is 73.9 Å². The third-order valence-corrected chi connectivity index (χ3v) is 8.92. The maximum Gasteiger partial charge on any atom is 0.280 e. The molecule has 0 saturated heterocycles. The summed E-state index contributed by atoms with van der Waals surface area (Å²) in [5.41, 5.74) is 4.03. The number of hydrogen-bond acceptors (Lipinski definition) is 5. The molecule has 5 aromatic rings. The van der Waals surface area contributed by atoms with E-state index in [-0.39, 0.29) is 34.8 Å². The van der Waals surface area contributed by atoms with Crippen LogP contribution in [0.15, 0.2) is 65.7 Å². The second-order valence-electron chi connectivity index (χ2n) is 11.8. The number of halogens is 2. The largest absolute Gasteiger partial charge is 0.494 e. The van der Waals surface area contributed by atoms with Crippen molar-refractivity contribution < 1.29 is 13.9 Å². The predicted molar refractivity (Wildman–Crippen MR) is 171 cm³/mol. The minimum absolute atomic E-state index is 0.0506. The van der Waals surface area contributed by atoms with Gasteiger partial charge in [-0.25, -0.2) is 9.37 Å². The fraction of sp³-hybridized carbons (Fsp3) is 0.333. The van der Waals surface area contributed by atoms with E-state index in [1.807, 2.05) is 49.0 Å². The molecular weight excluding hydrogens is 572 g/mol. The van der Waals surface area contributed by atoms with Crippen molar-refractivity contribution in [1.29, 1.82) is 0 Å².